The number of amides is 6. The second kappa shape index (κ2) is 30.4. The number of aliphatic hydroxyl groups excluding tert-OH is 2. The molecule has 0 spiro atoms. The molecular formula is C56H88Cl2N10O12. The maximum Gasteiger partial charge on any atom is 0.328 e. The predicted molar refractivity (Wildman–Crippen MR) is 309 cm³/mol. The summed E-state index contributed by atoms with van der Waals surface area (Å²) in [6, 6.07) is 13.2. The van der Waals surface area contributed by atoms with Crippen LogP contribution in [-0.4, -0.2) is 165 Å². The van der Waals surface area contributed by atoms with Crippen LogP contribution in [0.2, 0.25) is 10.0 Å². The van der Waals surface area contributed by atoms with Gasteiger partial charge in [-0.15, -0.1) is 0 Å². The smallest absolute Gasteiger partial charge is 0.328 e. The summed E-state index contributed by atoms with van der Waals surface area (Å²) >= 11 is 12.6. The third-order valence-electron chi connectivity index (χ3n) is 14.6. The monoisotopic (exact) mass is 1160 g/mol. The molecule has 0 unspecified atom stereocenters. The van der Waals surface area contributed by atoms with E-state index in [1.165, 1.54) is 0 Å². The second-order valence-electron chi connectivity index (χ2n) is 23.8. The van der Waals surface area contributed by atoms with E-state index in [1.807, 2.05) is 102 Å². The fourth-order valence-electron chi connectivity index (χ4n) is 8.66. The lowest BCUT2D eigenvalue weighted by Crippen LogP contribution is -2.64. The number of halogens is 2. The Morgan fingerprint density at radius 3 is 1.18 bits per heavy atom. The van der Waals surface area contributed by atoms with Gasteiger partial charge in [0.05, 0.1) is 57.5 Å². The number of carbonyl (C=O) groups excluding carboxylic acids is 6. The van der Waals surface area contributed by atoms with Crippen molar-refractivity contribution in [2.45, 2.75) is 131 Å². The Labute approximate surface area is 480 Å². The van der Waals surface area contributed by atoms with Crippen molar-refractivity contribution in [3.8, 4) is 0 Å². The number of primary amides is 2. The molecule has 24 heteroatoms. The lowest BCUT2D eigenvalue weighted by molar-refractivity contribution is -0.134. The summed E-state index contributed by atoms with van der Waals surface area (Å²) in [5.74, 6) is -5.33. The Hall–Kier alpha value is -5.72. The first kappa shape index (κ1) is 70.4. The first-order valence-corrected chi connectivity index (χ1v) is 27.3. The zero-order chi connectivity index (χ0) is 61.4. The van der Waals surface area contributed by atoms with Crippen molar-refractivity contribution >= 4 is 82.0 Å². The maximum atomic E-state index is 13.0. The molecule has 2 saturated heterocycles. The molecule has 6 atom stereocenters. The van der Waals surface area contributed by atoms with Crippen LogP contribution in [0.3, 0.4) is 0 Å². The lowest BCUT2D eigenvalue weighted by atomic mass is 9.86. The van der Waals surface area contributed by atoms with Gasteiger partial charge in [0, 0.05) is 86.4 Å². The summed E-state index contributed by atoms with van der Waals surface area (Å²) < 4.78 is 0. The SMILES string of the molecule is CC(C)[C@H](C[C@H](O)[C@@H](N)CN1CC(=O)N(c2ccccc2Cl)CC1(C)C)C(=O)NCC(C)(C)C(N)=O.CC(C)[C@H](C[C@H](O)[C@@H](N)CN1CC(=O)N(c2ccccc2Cl)CC1(C)C)C(=O)NCC(C)(C)C(N)=O.O=C(O)/C=C/C(=O)O. The van der Waals surface area contributed by atoms with Gasteiger partial charge in [-0.05, 0) is 104 Å². The molecule has 2 aromatic carbocycles. The molecule has 2 aromatic rings. The number of aliphatic carboxylic acids is 2. The summed E-state index contributed by atoms with van der Waals surface area (Å²) in [6.07, 6.45) is -0.477. The Morgan fingerprint density at radius 1 is 0.613 bits per heavy atom. The highest BCUT2D eigenvalue weighted by Crippen LogP contribution is 2.34. The van der Waals surface area contributed by atoms with Crippen molar-refractivity contribution in [3.63, 3.8) is 0 Å². The van der Waals surface area contributed by atoms with Crippen LogP contribution in [0.25, 0.3) is 0 Å². The Morgan fingerprint density at radius 2 is 0.912 bits per heavy atom. The largest absolute Gasteiger partial charge is 0.478 e. The Kier molecular flexibility index (Phi) is 26.7. The van der Waals surface area contributed by atoms with Gasteiger partial charge in [-0.25, -0.2) is 9.59 Å². The molecule has 80 heavy (non-hydrogen) atoms. The van der Waals surface area contributed by atoms with Gasteiger partial charge in [0.1, 0.15) is 0 Å². The van der Waals surface area contributed by atoms with Crippen LogP contribution >= 0.6 is 23.2 Å². The van der Waals surface area contributed by atoms with E-state index in [0.29, 0.717) is 46.7 Å². The zero-order valence-corrected chi connectivity index (χ0v) is 49.9. The van der Waals surface area contributed by atoms with Crippen molar-refractivity contribution in [2.75, 3.05) is 62.2 Å². The molecule has 0 saturated carbocycles. The molecular weight excluding hydrogens is 1080 g/mol. The van der Waals surface area contributed by atoms with Crippen LogP contribution in [0.4, 0.5) is 11.4 Å². The molecule has 4 rings (SSSR count). The molecule has 2 fully saturated rings. The number of nitrogens with one attached hydrogen (secondary N) is 2. The summed E-state index contributed by atoms with van der Waals surface area (Å²) in [4.78, 5) is 101. The van der Waals surface area contributed by atoms with Gasteiger partial charge >= 0.3 is 11.9 Å². The van der Waals surface area contributed by atoms with Gasteiger partial charge in [0.15, 0.2) is 0 Å². The third-order valence-corrected chi connectivity index (χ3v) is 15.2. The highest BCUT2D eigenvalue weighted by molar-refractivity contribution is 6.34. The Bertz CT molecular complexity index is 2340. The number of carbonyl (C=O) groups is 8. The number of rotatable bonds is 24. The minimum absolute atomic E-state index is 0.0549. The number of piperazine rings is 2. The zero-order valence-electron chi connectivity index (χ0n) is 48.4. The van der Waals surface area contributed by atoms with Gasteiger partial charge in [-0.3, -0.25) is 38.6 Å². The van der Waals surface area contributed by atoms with Crippen molar-refractivity contribution < 1.29 is 58.8 Å². The average Bonchev–Trinajstić information content (AvgIpc) is 3.35. The quantitative estimate of drug-likeness (QED) is 0.0675. The molecule has 6 amide bonds. The van der Waals surface area contributed by atoms with Crippen molar-refractivity contribution in [3.05, 3.63) is 70.7 Å². The highest BCUT2D eigenvalue weighted by atomic mass is 35.5. The van der Waals surface area contributed by atoms with Crippen LogP contribution in [-0.2, 0) is 38.4 Å². The van der Waals surface area contributed by atoms with E-state index in [1.54, 1.807) is 49.6 Å². The molecule has 0 aliphatic carbocycles. The standard InChI is InChI=1S/2C26H42ClN5O4.C4H4O4/c2*1-16(2)17(23(35)30-14-25(3,4)24(29)36)11-21(33)19(28)12-31-13-22(34)32(15-26(31,5)6)20-10-8-7-9-18(20)27;5-3(6)1-2-4(7)8/h2*7-10,16-17,19,21,33H,11-15,28H2,1-6H3,(H2,29,36)(H,30,35);1-2H,(H,5,6)(H,7,8)/b;;2-1+/t2*17-,19-,21-;/m00./s1. The van der Waals surface area contributed by atoms with Gasteiger partial charge in [-0.1, -0.05) is 75.2 Å². The van der Waals surface area contributed by atoms with Crippen molar-refractivity contribution in [1.82, 2.24) is 20.4 Å². The number of hydrogen-bond acceptors (Lipinski definition) is 14. The molecule has 2 aliphatic rings. The fourth-order valence-corrected chi connectivity index (χ4v) is 9.14. The molecule has 0 bridgehead atoms. The summed E-state index contributed by atoms with van der Waals surface area (Å²) in [5, 5.41) is 44.1. The Balaban J connectivity index is 0.000000480. The summed E-state index contributed by atoms with van der Waals surface area (Å²) in [7, 11) is 0. The second-order valence-corrected chi connectivity index (χ2v) is 24.6. The number of hydrogen-bond donors (Lipinski definition) is 10. The number of carboxylic acid groups (broad SMARTS) is 2. The van der Waals surface area contributed by atoms with E-state index in [2.05, 4.69) is 10.6 Å². The van der Waals surface area contributed by atoms with Crippen LogP contribution in [0.5, 0.6) is 0 Å². The van der Waals surface area contributed by atoms with Gasteiger partial charge in [0.25, 0.3) is 0 Å². The lowest BCUT2D eigenvalue weighted by Gasteiger charge is -2.48. The first-order chi connectivity index (χ1) is 36.8. The predicted octanol–water partition coefficient (Wildman–Crippen LogP) is 3.20. The molecule has 2 heterocycles. The maximum absolute atomic E-state index is 13.0. The average molecular weight is 1160 g/mol. The fraction of sp³-hybridized carbons (Fsp3) is 0.607. The van der Waals surface area contributed by atoms with Crippen LogP contribution in [0, 0.1) is 34.5 Å². The number of nitrogens with zero attached hydrogens (tertiary/aromatic N) is 4. The third kappa shape index (κ3) is 21.3. The highest BCUT2D eigenvalue weighted by Gasteiger charge is 2.43. The molecule has 0 radical (unpaired) electrons. The van der Waals surface area contributed by atoms with Crippen LogP contribution < -0.4 is 43.4 Å². The van der Waals surface area contributed by atoms with Crippen molar-refractivity contribution in [1.29, 1.82) is 0 Å². The van der Waals surface area contributed by atoms with Gasteiger partial charge < -0.3 is 63.8 Å². The first-order valence-electron chi connectivity index (χ1n) is 26.5. The van der Waals surface area contributed by atoms with E-state index in [9.17, 15) is 48.6 Å². The number of carboxylic acids is 2. The topological polar surface area (TPSA) is 359 Å². The van der Waals surface area contributed by atoms with E-state index in [4.69, 9.17) is 56.3 Å². The molecule has 0 aromatic heterocycles. The van der Waals surface area contributed by atoms with Crippen LogP contribution in [0.15, 0.2) is 60.7 Å². The van der Waals surface area contributed by atoms with E-state index < -0.39 is 81.8 Å². The van der Waals surface area contributed by atoms with E-state index in [0.717, 1.165) is 0 Å². The normalized spacial score (nSPS) is 18.2. The number of aliphatic hydroxyl groups is 2. The number of para-hydroxylation sites is 2. The number of benzene rings is 2. The van der Waals surface area contributed by atoms with E-state index in [-0.39, 0.29) is 87.6 Å². The molecule has 448 valence electrons. The number of anilines is 2. The van der Waals surface area contributed by atoms with Crippen molar-refractivity contribution in [2.24, 2.45) is 57.4 Å². The molecule has 2 aliphatic heterocycles. The molecule has 22 nitrogen and oxygen atoms in total. The van der Waals surface area contributed by atoms with Gasteiger partial charge in [-0.2, -0.15) is 0 Å². The van der Waals surface area contributed by atoms with Gasteiger partial charge in [0.2, 0.25) is 35.4 Å². The van der Waals surface area contributed by atoms with Crippen LogP contribution in [0.1, 0.15) is 95.9 Å². The number of nitrogens with two attached hydrogens (primary N) is 4. The summed E-state index contributed by atoms with van der Waals surface area (Å²) in [5.41, 5.74) is 22.3. The minimum Gasteiger partial charge on any atom is -0.478 e. The molecule has 14 N–H and O–H groups in total. The minimum atomic E-state index is -1.26. The summed E-state index contributed by atoms with van der Waals surface area (Å²) in [6.45, 7) is 24.3. The van der Waals surface area contributed by atoms with E-state index >= 15 is 0 Å².